The summed E-state index contributed by atoms with van der Waals surface area (Å²) < 4.78 is 5.97. The summed E-state index contributed by atoms with van der Waals surface area (Å²) in [4.78, 5) is 25.9. The van der Waals surface area contributed by atoms with Gasteiger partial charge in [0.2, 0.25) is 0 Å². The fourth-order valence-electron chi connectivity index (χ4n) is 1.95. The third kappa shape index (κ3) is 4.81. The summed E-state index contributed by atoms with van der Waals surface area (Å²) in [5, 5.41) is 9.51. The van der Waals surface area contributed by atoms with E-state index in [2.05, 4.69) is 15.9 Å². The van der Waals surface area contributed by atoms with Crippen LogP contribution in [0.5, 0.6) is 5.75 Å². The van der Waals surface area contributed by atoms with E-state index in [9.17, 15) is 14.7 Å². The van der Waals surface area contributed by atoms with Crippen LogP contribution in [-0.2, 0) is 14.3 Å². The van der Waals surface area contributed by atoms with Crippen LogP contribution in [0, 0.1) is 0 Å². The van der Waals surface area contributed by atoms with E-state index in [1.54, 1.807) is 24.3 Å². The second-order valence-corrected chi connectivity index (χ2v) is 7.54. The molecule has 0 unspecified atom stereocenters. The van der Waals surface area contributed by atoms with Crippen LogP contribution in [0.15, 0.2) is 27.6 Å². The van der Waals surface area contributed by atoms with Gasteiger partial charge in [0.25, 0.3) is 5.91 Å². The van der Waals surface area contributed by atoms with Gasteiger partial charge >= 0.3 is 5.97 Å². The zero-order valence-electron chi connectivity index (χ0n) is 13.0. The van der Waals surface area contributed by atoms with Crippen molar-refractivity contribution in [3.8, 4) is 5.75 Å². The van der Waals surface area contributed by atoms with Crippen molar-refractivity contribution < 1.29 is 19.4 Å². The number of esters is 1. The van der Waals surface area contributed by atoms with Crippen LogP contribution in [0.25, 0.3) is 6.08 Å². The first-order chi connectivity index (χ1) is 11.4. The molecule has 0 aromatic heterocycles. The second kappa shape index (κ2) is 8.64. The van der Waals surface area contributed by atoms with E-state index >= 15 is 0 Å². The molecule has 5 nitrogen and oxygen atoms in total. The van der Waals surface area contributed by atoms with E-state index in [1.807, 2.05) is 6.92 Å². The van der Waals surface area contributed by atoms with Gasteiger partial charge in [-0.15, -0.1) is 0 Å². The van der Waals surface area contributed by atoms with Crippen LogP contribution in [0.4, 0.5) is 0 Å². The molecule has 1 N–H and O–H groups in total. The topological polar surface area (TPSA) is 66.8 Å². The van der Waals surface area contributed by atoms with E-state index in [0.717, 1.165) is 12.0 Å². The maximum atomic E-state index is 12.4. The van der Waals surface area contributed by atoms with Crippen LogP contribution in [0.2, 0.25) is 0 Å². The Hall–Kier alpha value is -1.38. The number of nitrogens with zero attached hydrogens (tertiary/aromatic N) is 1. The molecular formula is C16H16BrNO4S2. The quantitative estimate of drug-likeness (QED) is 0.422. The van der Waals surface area contributed by atoms with Crippen molar-refractivity contribution in [3.63, 3.8) is 0 Å². The number of benzene rings is 1. The Morgan fingerprint density at radius 2 is 2.25 bits per heavy atom. The Morgan fingerprint density at radius 3 is 2.92 bits per heavy atom. The molecule has 0 bridgehead atoms. The molecule has 1 aliphatic rings. The predicted molar refractivity (Wildman–Crippen MR) is 102 cm³/mol. The summed E-state index contributed by atoms with van der Waals surface area (Å²) in [6.07, 6.45) is 2.58. The molecule has 0 radical (unpaired) electrons. The SMILES string of the molecule is CCCOC(=O)CCN1C(=O)/C(=C\c2ccc(O)c(Br)c2)SC1=S. The highest BCUT2D eigenvalue weighted by molar-refractivity contribution is 9.10. The summed E-state index contributed by atoms with van der Waals surface area (Å²) >= 11 is 9.66. The average molecular weight is 430 g/mol. The van der Waals surface area contributed by atoms with Crippen molar-refractivity contribution in [3.05, 3.63) is 33.1 Å². The molecule has 24 heavy (non-hydrogen) atoms. The number of thioether (sulfide) groups is 1. The molecule has 1 aromatic rings. The number of carbonyl (C=O) groups excluding carboxylic acids is 2. The van der Waals surface area contributed by atoms with Gasteiger partial charge in [-0.05, 0) is 46.1 Å². The molecule has 8 heteroatoms. The molecular weight excluding hydrogens is 414 g/mol. The number of hydrogen-bond donors (Lipinski definition) is 1. The minimum atomic E-state index is -0.336. The van der Waals surface area contributed by atoms with E-state index in [1.165, 1.54) is 16.7 Å². The van der Waals surface area contributed by atoms with Crippen LogP contribution < -0.4 is 0 Å². The predicted octanol–water partition coefficient (Wildman–Crippen LogP) is 3.70. The average Bonchev–Trinajstić information content (AvgIpc) is 2.81. The van der Waals surface area contributed by atoms with Gasteiger partial charge in [-0.2, -0.15) is 0 Å². The Bertz CT molecular complexity index is 705. The first-order valence-corrected chi connectivity index (χ1v) is 9.33. The maximum Gasteiger partial charge on any atom is 0.307 e. The molecule has 0 atom stereocenters. The van der Waals surface area contributed by atoms with E-state index in [4.69, 9.17) is 17.0 Å². The number of phenols is 1. The molecule has 1 aliphatic heterocycles. The Balaban J connectivity index is 2.03. The zero-order chi connectivity index (χ0) is 17.7. The number of phenolic OH excluding ortho intramolecular Hbond substituents is 1. The van der Waals surface area contributed by atoms with Gasteiger partial charge in [-0.1, -0.05) is 37.0 Å². The number of amides is 1. The number of halogens is 1. The van der Waals surface area contributed by atoms with Crippen LogP contribution in [-0.4, -0.2) is 39.4 Å². The smallest absolute Gasteiger partial charge is 0.307 e. The normalized spacial score (nSPS) is 16.1. The number of rotatable bonds is 6. The summed E-state index contributed by atoms with van der Waals surface area (Å²) in [5.41, 5.74) is 0.766. The first kappa shape index (κ1) is 19.0. The van der Waals surface area contributed by atoms with Gasteiger partial charge in [0.05, 0.1) is 22.4 Å². The van der Waals surface area contributed by atoms with Gasteiger partial charge in [0.1, 0.15) is 10.1 Å². The molecule has 2 rings (SSSR count). The number of ether oxygens (including phenoxy) is 1. The maximum absolute atomic E-state index is 12.4. The molecule has 1 heterocycles. The lowest BCUT2D eigenvalue weighted by Crippen LogP contribution is -2.30. The fourth-order valence-corrected chi connectivity index (χ4v) is 3.65. The van der Waals surface area contributed by atoms with Crippen molar-refractivity contribution in [1.29, 1.82) is 0 Å². The molecule has 0 spiro atoms. The molecule has 1 aromatic carbocycles. The van der Waals surface area contributed by atoms with Gasteiger partial charge in [0.15, 0.2) is 0 Å². The monoisotopic (exact) mass is 429 g/mol. The van der Waals surface area contributed by atoms with Crippen LogP contribution in [0.1, 0.15) is 25.3 Å². The molecule has 0 saturated carbocycles. The Morgan fingerprint density at radius 1 is 1.50 bits per heavy atom. The zero-order valence-corrected chi connectivity index (χ0v) is 16.2. The largest absolute Gasteiger partial charge is 0.507 e. The highest BCUT2D eigenvalue weighted by Crippen LogP contribution is 2.33. The minimum Gasteiger partial charge on any atom is -0.507 e. The lowest BCUT2D eigenvalue weighted by molar-refractivity contribution is -0.143. The number of hydrogen-bond acceptors (Lipinski definition) is 6. The first-order valence-electron chi connectivity index (χ1n) is 7.32. The second-order valence-electron chi connectivity index (χ2n) is 5.01. The van der Waals surface area contributed by atoms with Gasteiger partial charge in [-0.25, -0.2) is 0 Å². The highest BCUT2D eigenvalue weighted by atomic mass is 79.9. The lowest BCUT2D eigenvalue weighted by Gasteiger charge is -2.13. The number of aromatic hydroxyl groups is 1. The van der Waals surface area contributed by atoms with Crippen molar-refractivity contribution in [2.75, 3.05) is 13.2 Å². The van der Waals surface area contributed by atoms with Crippen LogP contribution >= 0.6 is 39.9 Å². The summed E-state index contributed by atoms with van der Waals surface area (Å²) in [7, 11) is 0. The number of carbonyl (C=O) groups is 2. The summed E-state index contributed by atoms with van der Waals surface area (Å²) in [5.74, 6) is -0.430. The number of thiocarbonyl (C=S) groups is 1. The van der Waals surface area contributed by atoms with Crippen molar-refractivity contribution >= 4 is 62.2 Å². The van der Waals surface area contributed by atoms with Crippen molar-refractivity contribution in [1.82, 2.24) is 4.90 Å². The minimum absolute atomic E-state index is 0.116. The van der Waals surface area contributed by atoms with Gasteiger partial charge in [0, 0.05) is 6.54 Å². The van der Waals surface area contributed by atoms with Crippen molar-refractivity contribution in [2.24, 2.45) is 0 Å². The Labute approximate surface area is 158 Å². The fraction of sp³-hybridized carbons (Fsp3) is 0.312. The molecule has 0 aliphatic carbocycles. The molecule has 128 valence electrons. The van der Waals surface area contributed by atoms with Crippen LogP contribution in [0.3, 0.4) is 0 Å². The molecule has 1 fully saturated rings. The standard InChI is InChI=1S/C16H16BrNO4S2/c1-2-7-22-14(20)5-6-18-15(21)13(24-16(18)23)9-10-3-4-12(19)11(17)8-10/h3-4,8-9,19H,2,5-7H2,1H3/b13-9+. The summed E-state index contributed by atoms with van der Waals surface area (Å²) in [6, 6.07) is 4.96. The highest BCUT2D eigenvalue weighted by Gasteiger charge is 2.32. The summed E-state index contributed by atoms with van der Waals surface area (Å²) in [6.45, 7) is 2.51. The third-order valence-corrected chi connectivity index (χ3v) is 5.16. The molecule has 1 amide bonds. The van der Waals surface area contributed by atoms with Crippen molar-refractivity contribution in [2.45, 2.75) is 19.8 Å². The Kier molecular flexibility index (Phi) is 6.82. The van der Waals surface area contributed by atoms with E-state index in [0.29, 0.717) is 20.3 Å². The third-order valence-electron chi connectivity index (χ3n) is 3.15. The van der Waals surface area contributed by atoms with E-state index in [-0.39, 0.29) is 30.6 Å². The lowest BCUT2D eigenvalue weighted by atomic mass is 10.2. The van der Waals surface area contributed by atoms with Gasteiger partial charge in [-0.3, -0.25) is 14.5 Å². The van der Waals surface area contributed by atoms with E-state index < -0.39 is 0 Å². The molecule has 1 saturated heterocycles. The van der Waals surface area contributed by atoms with Gasteiger partial charge < -0.3 is 9.84 Å².